The van der Waals surface area contributed by atoms with Gasteiger partial charge in [0.2, 0.25) is 5.91 Å². The minimum Gasteiger partial charge on any atom is -0.481 e. The Morgan fingerprint density at radius 2 is 1.91 bits per heavy atom. The molecule has 0 aliphatic heterocycles. The molecule has 2 atom stereocenters. The standard InChI is InChI=1S/C15H17N3O4/c1-15(2)10(11(15)13(20)21)12(19)16-6-7-3-4-8-9(5-7)18-14(22)17-8/h3-5,10-11H,6H2,1-2H3,(H,16,19)(H,20,21)(H2,17,18,22)/t10-,11+/m1/s1. The van der Waals surface area contributed by atoms with Gasteiger partial charge in [-0.25, -0.2) is 4.79 Å². The van der Waals surface area contributed by atoms with Gasteiger partial charge >= 0.3 is 11.7 Å². The molecule has 0 bridgehead atoms. The van der Waals surface area contributed by atoms with E-state index in [0.717, 1.165) is 5.56 Å². The number of rotatable bonds is 4. The Labute approximate surface area is 125 Å². The molecule has 4 N–H and O–H groups in total. The molecule has 1 aromatic carbocycles. The molecule has 1 aliphatic rings. The minimum absolute atomic E-state index is 0.250. The number of aromatic amines is 2. The van der Waals surface area contributed by atoms with Gasteiger partial charge in [-0.15, -0.1) is 0 Å². The second kappa shape index (κ2) is 4.72. The van der Waals surface area contributed by atoms with Crippen molar-refractivity contribution in [3.05, 3.63) is 34.2 Å². The van der Waals surface area contributed by atoms with Crippen LogP contribution in [0.25, 0.3) is 11.0 Å². The molecule has 3 rings (SSSR count). The molecule has 1 fully saturated rings. The van der Waals surface area contributed by atoms with Crippen LogP contribution >= 0.6 is 0 Å². The van der Waals surface area contributed by atoms with Gasteiger partial charge in [0.25, 0.3) is 0 Å². The molecular weight excluding hydrogens is 286 g/mol. The fourth-order valence-corrected chi connectivity index (χ4v) is 3.08. The van der Waals surface area contributed by atoms with Gasteiger partial charge < -0.3 is 20.4 Å². The highest BCUT2D eigenvalue weighted by atomic mass is 16.4. The number of H-pyrrole nitrogens is 2. The number of aliphatic carboxylic acids is 1. The van der Waals surface area contributed by atoms with Crippen molar-refractivity contribution in [2.45, 2.75) is 20.4 Å². The summed E-state index contributed by atoms with van der Waals surface area (Å²) in [4.78, 5) is 39.7. The van der Waals surface area contributed by atoms with Crippen LogP contribution in [0.5, 0.6) is 0 Å². The van der Waals surface area contributed by atoms with Gasteiger partial charge in [0.15, 0.2) is 0 Å². The Kier molecular flexibility index (Phi) is 3.09. The zero-order chi connectivity index (χ0) is 16.1. The van der Waals surface area contributed by atoms with Crippen LogP contribution in [-0.4, -0.2) is 27.0 Å². The number of aromatic nitrogens is 2. The summed E-state index contributed by atoms with van der Waals surface area (Å²) in [5, 5.41) is 11.9. The normalized spacial score (nSPS) is 22.5. The smallest absolute Gasteiger partial charge is 0.323 e. The number of carbonyl (C=O) groups excluding carboxylic acids is 1. The van der Waals surface area contributed by atoms with Gasteiger partial charge in [-0.05, 0) is 23.1 Å². The SMILES string of the molecule is CC1(C)[C@H](C(=O)O)[C@@H]1C(=O)NCc1ccc2[nH]c(=O)[nH]c2c1. The van der Waals surface area contributed by atoms with Crippen LogP contribution < -0.4 is 11.0 Å². The topological polar surface area (TPSA) is 115 Å². The van der Waals surface area contributed by atoms with Crippen molar-refractivity contribution in [2.75, 3.05) is 0 Å². The zero-order valence-electron chi connectivity index (χ0n) is 12.3. The van der Waals surface area contributed by atoms with E-state index in [0.29, 0.717) is 17.6 Å². The third kappa shape index (κ3) is 2.28. The first kappa shape index (κ1) is 14.4. The Hall–Kier alpha value is -2.57. The van der Waals surface area contributed by atoms with E-state index < -0.39 is 23.2 Å². The number of carbonyl (C=O) groups is 2. The van der Waals surface area contributed by atoms with E-state index in [2.05, 4.69) is 15.3 Å². The van der Waals surface area contributed by atoms with Gasteiger partial charge in [-0.1, -0.05) is 19.9 Å². The van der Waals surface area contributed by atoms with Crippen molar-refractivity contribution in [1.82, 2.24) is 15.3 Å². The lowest BCUT2D eigenvalue weighted by Crippen LogP contribution is -2.26. The van der Waals surface area contributed by atoms with Crippen molar-refractivity contribution in [2.24, 2.45) is 17.3 Å². The first-order valence-electron chi connectivity index (χ1n) is 7.02. The maximum Gasteiger partial charge on any atom is 0.323 e. The van der Waals surface area contributed by atoms with Gasteiger partial charge in [0.1, 0.15) is 0 Å². The summed E-state index contributed by atoms with van der Waals surface area (Å²) >= 11 is 0. The van der Waals surface area contributed by atoms with Crippen LogP contribution in [0.1, 0.15) is 19.4 Å². The first-order chi connectivity index (χ1) is 10.3. The third-order valence-corrected chi connectivity index (χ3v) is 4.42. The molecule has 0 saturated heterocycles. The van der Waals surface area contributed by atoms with Crippen LogP contribution in [0.2, 0.25) is 0 Å². The van der Waals surface area contributed by atoms with Crippen LogP contribution in [0, 0.1) is 17.3 Å². The predicted octanol–water partition coefficient (Wildman–Crippen LogP) is 0.829. The molecule has 7 heteroatoms. The number of hydrogen-bond donors (Lipinski definition) is 4. The summed E-state index contributed by atoms with van der Waals surface area (Å²) in [6.07, 6.45) is 0. The lowest BCUT2D eigenvalue weighted by molar-refractivity contribution is -0.140. The quantitative estimate of drug-likeness (QED) is 0.669. The number of hydrogen-bond acceptors (Lipinski definition) is 3. The summed E-state index contributed by atoms with van der Waals surface area (Å²) < 4.78 is 0. The second-order valence-electron chi connectivity index (χ2n) is 6.29. The summed E-state index contributed by atoms with van der Waals surface area (Å²) in [6, 6.07) is 5.34. The zero-order valence-corrected chi connectivity index (χ0v) is 12.3. The number of fused-ring (bicyclic) bond motifs is 1. The fourth-order valence-electron chi connectivity index (χ4n) is 3.08. The van der Waals surface area contributed by atoms with Gasteiger partial charge in [0.05, 0.1) is 22.9 Å². The molecule has 0 radical (unpaired) electrons. The monoisotopic (exact) mass is 303 g/mol. The van der Waals surface area contributed by atoms with E-state index in [-0.39, 0.29) is 11.6 Å². The van der Waals surface area contributed by atoms with Crippen molar-refractivity contribution in [3.63, 3.8) is 0 Å². The third-order valence-electron chi connectivity index (χ3n) is 4.42. The van der Waals surface area contributed by atoms with E-state index in [1.54, 1.807) is 32.0 Å². The van der Waals surface area contributed by atoms with Crippen molar-refractivity contribution >= 4 is 22.9 Å². The van der Waals surface area contributed by atoms with Crippen molar-refractivity contribution < 1.29 is 14.7 Å². The second-order valence-corrected chi connectivity index (χ2v) is 6.29. The summed E-state index contributed by atoms with van der Waals surface area (Å²) in [6.45, 7) is 3.86. The number of amides is 1. The van der Waals surface area contributed by atoms with E-state index in [1.165, 1.54) is 0 Å². The van der Waals surface area contributed by atoms with Gasteiger partial charge in [0, 0.05) is 6.54 Å². The van der Waals surface area contributed by atoms with Crippen molar-refractivity contribution in [3.8, 4) is 0 Å². The molecule has 1 amide bonds. The molecule has 1 aromatic heterocycles. The van der Waals surface area contributed by atoms with Gasteiger partial charge in [-0.3, -0.25) is 9.59 Å². The molecule has 0 spiro atoms. The number of carboxylic acids is 1. The Morgan fingerprint density at radius 3 is 2.55 bits per heavy atom. The van der Waals surface area contributed by atoms with E-state index in [1.807, 2.05) is 0 Å². The average Bonchev–Trinajstić information content (AvgIpc) is 2.83. The molecule has 2 aromatic rings. The lowest BCUT2D eigenvalue weighted by atomic mass is 10.1. The molecule has 1 heterocycles. The highest BCUT2D eigenvalue weighted by Crippen LogP contribution is 2.58. The molecule has 22 heavy (non-hydrogen) atoms. The van der Waals surface area contributed by atoms with Gasteiger partial charge in [-0.2, -0.15) is 0 Å². The highest BCUT2D eigenvalue weighted by Gasteiger charge is 2.65. The Morgan fingerprint density at radius 1 is 1.23 bits per heavy atom. The van der Waals surface area contributed by atoms with Crippen LogP contribution in [0.15, 0.2) is 23.0 Å². The maximum atomic E-state index is 12.1. The Bertz CT molecular complexity index is 818. The molecule has 116 valence electrons. The number of carboxylic acid groups (broad SMARTS) is 1. The molecule has 7 nitrogen and oxygen atoms in total. The predicted molar refractivity (Wildman–Crippen MR) is 79.2 cm³/mol. The Balaban J connectivity index is 1.68. The van der Waals surface area contributed by atoms with Crippen LogP contribution in [0.4, 0.5) is 0 Å². The number of nitrogens with one attached hydrogen (secondary N) is 3. The fraction of sp³-hybridized carbons (Fsp3) is 0.400. The largest absolute Gasteiger partial charge is 0.481 e. The van der Waals surface area contributed by atoms with Crippen LogP contribution in [-0.2, 0) is 16.1 Å². The highest BCUT2D eigenvalue weighted by molar-refractivity contribution is 5.91. The summed E-state index contributed by atoms with van der Waals surface area (Å²) in [5.41, 5.74) is 1.43. The molecule has 1 aliphatic carbocycles. The average molecular weight is 303 g/mol. The first-order valence-corrected chi connectivity index (χ1v) is 7.02. The molecular formula is C15H17N3O4. The molecule has 1 saturated carbocycles. The van der Waals surface area contributed by atoms with E-state index in [4.69, 9.17) is 5.11 Å². The van der Waals surface area contributed by atoms with Crippen molar-refractivity contribution in [1.29, 1.82) is 0 Å². The number of imidazole rings is 1. The lowest BCUT2D eigenvalue weighted by Gasteiger charge is -2.06. The minimum atomic E-state index is -0.934. The number of benzene rings is 1. The van der Waals surface area contributed by atoms with E-state index in [9.17, 15) is 14.4 Å². The van der Waals surface area contributed by atoms with E-state index >= 15 is 0 Å². The summed E-state index contributed by atoms with van der Waals surface area (Å²) in [7, 11) is 0. The van der Waals surface area contributed by atoms with Crippen LogP contribution in [0.3, 0.4) is 0 Å². The molecule has 0 unspecified atom stereocenters. The summed E-state index contributed by atoms with van der Waals surface area (Å²) in [5.74, 6) is -2.31. The maximum absolute atomic E-state index is 12.1.